The van der Waals surface area contributed by atoms with E-state index in [1.165, 1.54) is 0 Å². The molecule has 4 nitrogen and oxygen atoms in total. The van der Waals surface area contributed by atoms with Gasteiger partial charge in [0.1, 0.15) is 5.01 Å². The summed E-state index contributed by atoms with van der Waals surface area (Å²) in [6.45, 7) is 1.98. The van der Waals surface area contributed by atoms with Crippen LogP contribution >= 0.6 is 36.2 Å². The van der Waals surface area contributed by atoms with E-state index in [2.05, 4.69) is 10.3 Å². The number of aromatic nitrogens is 1. The van der Waals surface area contributed by atoms with Gasteiger partial charge in [-0.05, 0) is 44.7 Å². The van der Waals surface area contributed by atoms with Gasteiger partial charge in [-0.1, -0.05) is 12.1 Å². The van der Waals surface area contributed by atoms with Crippen LogP contribution in [0.5, 0.6) is 0 Å². The molecule has 24 heavy (non-hydrogen) atoms. The molecule has 0 unspecified atom stereocenters. The maximum absolute atomic E-state index is 12.4. The molecule has 1 amide bonds. The lowest BCUT2D eigenvalue weighted by Crippen LogP contribution is -2.40. The van der Waals surface area contributed by atoms with Crippen LogP contribution in [0.25, 0.3) is 10.6 Å². The number of aryl methyl sites for hydroxylation is 1. The average Bonchev–Trinajstić information content (AvgIpc) is 2.96. The van der Waals surface area contributed by atoms with Gasteiger partial charge in [-0.15, -0.1) is 36.2 Å². The second-order valence-corrected chi connectivity index (χ2v) is 6.82. The fourth-order valence-corrected chi connectivity index (χ4v) is 3.61. The monoisotopic (exact) mass is 387 g/mol. The SMILES string of the molecule is Cc1csc(-c2cccc(C(=O)NC3CCC(N)CC3)c2)n1.Cl.Cl. The fraction of sp³-hybridized carbons (Fsp3) is 0.412. The van der Waals surface area contributed by atoms with E-state index in [0.717, 1.165) is 41.9 Å². The van der Waals surface area contributed by atoms with Crippen molar-refractivity contribution in [3.8, 4) is 10.6 Å². The third-order valence-electron chi connectivity index (χ3n) is 4.10. The van der Waals surface area contributed by atoms with Gasteiger partial charge in [-0.3, -0.25) is 4.79 Å². The Balaban J connectivity index is 0.00000144. The largest absolute Gasteiger partial charge is 0.349 e. The quantitative estimate of drug-likeness (QED) is 0.836. The first-order valence-corrected chi connectivity index (χ1v) is 8.59. The minimum atomic E-state index is -0.00407. The van der Waals surface area contributed by atoms with Crippen LogP contribution in [-0.2, 0) is 0 Å². The highest BCUT2D eigenvalue weighted by molar-refractivity contribution is 7.13. The first-order chi connectivity index (χ1) is 10.6. The second kappa shape index (κ2) is 9.37. The molecule has 0 atom stereocenters. The van der Waals surface area contributed by atoms with Gasteiger partial charge in [0.2, 0.25) is 0 Å². The lowest BCUT2D eigenvalue weighted by molar-refractivity contribution is 0.0926. The van der Waals surface area contributed by atoms with Gasteiger partial charge in [0.05, 0.1) is 0 Å². The van der Waals surface area contributed by atoms with E-state index in [9.17, 15) is 4.79 Å². The summed E-state index contributed by atoms with van der Waals surface area (Å²) in [6.07, 6.45) is 3.92. The van der Waals surface area contributed by atoms with Crippen molar-refractivity contribution < 1.29 is 4.79 Å². The van der Waals surface area contributed by atoms with E-state index >= 15 is 0 Å². The molecule has 1 aliphatic rings. The number of hydrogen-bond donors (Lipinski definition) is 2. The predicted octanol–water partition coefficient (Wildman–Crippen LogP) is 3.96. The molecular weight excluding hydrogens is 365 g/mol. The molecule has 1 saturated carbocycles. The number of hydrogen-bond acceptors (Lipinski definition) is 4. The van der Waals surface area contributed by atoms with Crippen molar-refractivity contribution in [3.05, 3.63) is 40.9 Å². The van der Waals surface area contributed by atoms with E-state index in [0.29, 0.717) is 11.6 Å². The van der Waals surface area contributed by atoms with E-state index in [1.807, 2.05) is 36.6 Å². The van der Waals surface area contributed by atoms with Gasteiger partial charge >= 0.3 is 0 Å². The molecule has 2 aromatic rings. The molecular formula is C17H23Cl2N3OS. The van der Waals surface area contributed by atoms with E-state index in [1.54, 1.807) is 11.3 Å². The van der Waals surface area contributed by atoms with Crippen LogP contribution in [0.3, 0.4) is 0 Å². The zero-order valence-corrected chi connectivity index (χ0v) is 16.0. The Bertz CT molecular complexity index is 669. The van der Waals surface area contributed by atoms with Gasteiger partial charge in [0, 0.05) is 34.3 Å². The van der Waals surface area contributed by atoms with Crippen molar-refractivity contribution in [1.82, 2.24) is 10.3 Å². The highest BCUT2D eigenvalue weighted by Gasteiger charge is 2.20. The van der Waals surface area contributed by atoms with Crippen LogP contribution in [0.1, 0.15) is 41.7 Å². The van der Waals surface area contributed by atoms with Gasteiger partial charge in [0.15, 0.2) is 0 Å². The third kappa shape index (κ3) is 5.18. The minimum Gasteiger partial charge on any atom is -0.349 e. The Morgan fingerprint density at radius 2 is 1.96 bits per heavy atom. The van der Waals surface area contributed by atoms with Crippen molar-refractivity contribution in [3.63, 3.8) is 0 Å². The summed E-state index contributed by atoms with van der Waals surface area (Å²) < 4.78 is 0. The van der Waals surface area contributed by atoms with Crippen LogP contribution in [0, 0.1) is 6.92 Å². The molecule has 3 rings (SSSR count). The van der Waals surface area contributed by atoms with Crippen molar-refractivity contribution in [1.29, 1.82) is 0 Å². The van der Waals surface area contributed by atoms with Crippen LogP contribution in [0.4, 0.5) is 0 Å². The summed E-state index contributed by atoms with van der Waals surface area (Å²) in [5, 5.41) is 6.10. The summed E-state index contributed by atoms with van der Waals surface area (Å²) in [4.78, 5) is 16.9. The Labute approximate surface area is 159 Å². The highest BCUT2D eigenvalue weighted by atomic mass is 35.5. The molecule has 3 N–H and O–H groups in total. The second-order valence-electron chi connectivity index (χ2n) is 5.96. The van der Waals surface area contributed by atoms with Crippen LogP contribution in [0.15, 0.2) is 29.6 Å². The molecule has 132 valence electrons. The normalized spacial score (nSPS) is 19.8. The number of carbonyl (C=O) groups excluding carboxylic acids is 1. The summed E-state index contributed by atoms with van der Waals surface area (Å²) in [6, 6.07) is 8.23. The summed E-state index contributed by atoms with van der Waals surface area (Å²) >= 11 is 1.60. The highest BCUT2D eigenvalue weighted by Crippen LogP contribution is 2.24. The van der Waals surface area contributed by atoms with Gasteiger partial charge < -0.3 is 11.1 Å². The Hall–Kier alpha value is -1.14. The zero-order valence-electron chi connectivity index (χ0n) is 13.5. The molecule has 1 fully saturated rings. The zero-order chi connectivity index (χ0) is 15.5. The topological polar surface area (TPSA) is 68.0 Å². The number of halogens is 2. The molecule has 0 aliphatic heterocycles. The Kier molecular flexibility index (Phi) is 8.16. The van der Waals surface area contributed by atoms with Crippen molar-refractivity contribution in [2.24, 2.45) is 5.73 Å². The lowest BCUT2D eigenvalue weighted by Gasteiger charge is -2.26. The Morgan fingerprint density at radius 1 is 1.25 bits per heavy atom. The van der Waals surface area contributed by atoms with Crippen molar-refractivity contribution in [2.45, 2.75) is 44.7 Å². The number of nitrogens with two attached hydrogens (primary N) is 1. The van der Waals surface area contributed by atoms with Crippen LogP contribution in [0.2, 0.25) is 0 Å². The van der Waals surface area contributed by atoms with Gasteiger partial charge in [-0.2, -0.15) is 0 Å². The van der Waals surface area contributed by atoms with E-state index in [-0.39, 0.29) is 36.8 Å². The van der Waals surface area contributed by atoms with Crippen molar-refractivity contribution in [2.75, 3.05) is 0 Å². The molecule has 7 heteroatoms. The summed E-state index contributed by atoms with van der Waals surface area (Å²) in [7, 11) is 0. The predicted molar refractivity (Wildman–Crippen MR) is 104 cm³/mol. The van der Waals surface area contributed by atoms with Crippen molar-refractivity contribution >= 4 is 42.1 Å². The molecule has 0 radical (unpaired) electrons. The number of nitrogens with zero attached hydrogens (tertiary/aromatic N) is 1. The first-order valence-electron chi connectivity index (χ1n) is 7.71. The maximum atomic E-state index is 12.4. The number of rotatable bonds is 3. The molecule has 0 bridgehead atoms. The molecule has 0 saturated heterocycles. The molecule has 0 spiro atoms. The number of amides is 1. The summed E-state index contributed by atoms with van der Waals surface area (Å²) in [5.74, 6) is -0.00407. The van der Waals surface area contributed by atoms with Gasteiger partial charge in [-0.25, -0.2) is 4.98 Å². The third-order valence-corrected chi connectivity index (χ3v) is 5.11. The molecule has 1 aliphatic carbocycles. The van der Waals surface area contributed by atoms with E-state index in [4.69, 9.17) is 5.73 Å². The standard InChI is InChI=1S/C17H21N3OS.2ClH/c1-11-10-22-17(19-11)13-4-2-3-12(9-13)16(21)20-15-7-5-14(18)6-8-15;;/h2-4,9-10,14-15H,5-8,18H2,1H3,(H,20,21);2*1H. The number of carbonyl (C=O) groups is 1. The Morgan fingerprint density at radius 3 is 2.58 bits per heavy atom. The van der Waals surface area contributed by atoms with Crippen LogP contribution < -0.4 is 11.1 Å². The minimum absolute atomic E-state index is 0. The fourth-order valence-electron chi connectivity index (χ4n) is 2.81. The summed E-state index contributed by atoms with van der Waals surface area (Å²) in [5.41, 5.74) is 8.61. The smallest absolute Gasteiger partial charge is 0.251 e. The van der Waals surface area contributed by atoms with E-state index < -0.39 is 0 Å². The number of nitrogens with one attached hydrogen (secondary N) is 1. The van der Waals surface area contributed by atoms with Crippen LogP contribution in [-0.4, -0.2) is 23.0 Å². The first kappa shape index (κ1) is 20.9. The maximum Gasteiger partial charge on any atom is 0.251 e. The average molecular weight is 388 g/mol. The number of benzene rings is 1. The molecule has 1 heterocycles. The molecule has 1 aromatic heterocycles. The lowest BCUT2D eigenvalue weighted by atomic mass is 9.91. The molecule has 1 aromatic carbocycles. The number of thiazole rings is 1. The van der Waals surface area contributed by atoms with Gasteiger partial charge in [0.25, 0.3) is 5.91 Å².